The maximum Gasteiger partial charge on any atom is 0.259 e. The summed E-state index contributed by atoms with van der Waals surface area (Å²) in [5.74, 6) is -0.221. The van der Waals surface area contributed by atoms with E-state index in [2.05, 4.69) is 10.3 Å². The third kappa shape index (κ3) is 2.97. The van der Waals surface area contributed by atoms with Crippen LogP contribution >= 0.6 is 23.2 Å². The maximum absolute atomic E-state index is 12.1. The lowest BCUT2D eigenvalue weighted by Crippen LogP contribution is -2.15. The Morgan fingerprint density at radius 2 is 2.05 bits per heavy atom. The van der Waals surface area contributed by atoms with Crippen LogP contribution in [0.1, 0.15) is 15.9 Å². The molecule has 19 heavy (non-hydrogen) atoms. The van der Waals surface area contributed by atoms with Crippen molar-refractivity contribution in [1.82, 2.24) is 4.98 Å². The van der Waals surface area contributed by atoms with Crippen molar-refractivity contribution in [2.24, 2.45) is 0 Å². The van der Waals surface area contributed by atoms with Gasteiger partial charge in [0.25, 0.3) is 5.91 Å². The molecule has 0 atom stereocenters. The van der Waals surface area contributed by atoms with Crippen LogP contribution in [0.4, 0.5) is 11.5 Å². The second-order valence-corrected chi connectivity index (χ2v) is 4.79. The van der Waals surface area contributed by atoms with Gasteiger partial charge in [0.2, 0.25) is 0 Å². The molecule has 0 saturated heterocycles. The van der Waals surface area contributed by atoms with E-state index in [1.54, 1.807) is 24.3 Å². The number of benzene rings is 1. The van der Waals surface area contributed by atoms with Crippen LogP contribution in [0.2, 0.25) is 10.0 Å². The van der Waals surface area contributed by atoms with Gasteiger partial charge in [0.1, 0.15) is 5.82 Å². The molecule has 98 valence electrons. The van der Waals surface area contributed by atoms with E-state index in [0.29, 0.717) is 15.7 Å². The summed E-state index contributed by atoms with van der Waals surface area (Å²) in [6.07, 6.45) is 1.52. The summed E-state index contributed by atoms with van der Waals surface area (Å²) in [6, 6.07) is 6.51. The predicted molar refractivity (Wildman–Crippen MR) is 77.8 cm³/mol. The third-order valence-electron chi connectivity index (χ3n) is 2.58. The summed E-state index contributed by atoms with van der Waals surface area (Å²) < 4.78 is 0. The van der Waals surface area contributed by atoms with Gasteiger partial charge >= 0.3 is 0 Å². The predicted octanol–water partition coefficient (Wildman–Crippen LogP) is 3.53. The molecule has 0 unspecified atom stereocenters. The molecule has 6 heteroatoms. The maximum atomic E-state index is 12.1. The van der Waals surface area contributed by atoms with Gasteiger partial charge in [-0.2, -0.15) is 0 Å². The first-order valence-corrected chi connectivity index (χ1v) is 6.22. The Hall–Kier alpha value is -1.78. The van der Waals surface area contributed by atoms with Crippen molar-refractivity contribution in [2.75, 3.05) is 11.1 Å². The molecule has 0 fully saturated rings. The minimum absolute atomic E-state index is 0.161. The number of nitrogens with zero attached hydrogens (tertiary/aromatic N) is 1. The highest BCUT2D eigenvalue weighted by Gasteiger charge is 2.13. The van der Waals surface area contributed by atoms with Crippen LogP contribution in [0.3, 0.4) is 0 Å². The molecule has 0 radical (unpaired) electrons. The largest absolute Gasteiger partial charge is 0.383 e. The summed E-state index contributed by atoms with van der Waals surface area (Å²) >= 11 is 12.1. The van der Waals surface area contributed by atoms with Gasteiger partial charge in [0, 0.05) is 11.2 Å². The van der Waals surface area contributed by atoms with Crippen molar-refractivity contribution in [1.29, 1.82) is 0 Å². The Bertz CT molecular complexity index is 644. The zero-order valence-corrected chi connectivity index (χ0v) is 11.6. The Labute approximate surface area is 120 Å². The van der Waals surface area contributed by atoms with Gasteiger partial charge in [-0.15, -0.1) is 0 Å². The van der Waals surface area contributed by atoms with Crippen LogP contribution in [-0.4, -0.2) is 10.9 Å². The van der Waals surface area contributed by atoms with Gasteiger partial charge in [0.15, 0.2) is 0 Å². The number of nitrogen functional groups attached to an aromatic ring is 1. The molecular weight excluding hydrogens is 285 g/mol. The van der Waals surface area contributed by atoms with Gasteiger partial charge < -0.3 is 11.1 Å². The summed E-state index contributed by atoms with van der Waals surface area (Å²) in [7, 11) is 0. The first-order valence-electron chi connectivity index (χ1n) is 5.46. The monoisotopic (exact) mass is 295 g/mol. The second-order valence-electron chi connectivity index (χ2n) is 3.97. The van der Waals surface area contributed by atoms with Crippen molar-refractivity contribution in [3.63, 3.8) is 0 Å². The van der Waals surface area contributed by atoms with Gasteiger partial charge in [0.05, 0.1) is 16.3 Å². The molecule has 0 bridgehead atoms. The van der Waals surface area contributed by atoms with E-state index in [4.69, 9.17) is 28.9 Å². The van der Waals surface area contributed by atoms with E-state index in [-0.39, 0.29) is 17.3 Å². The Morgan fingerprint density at radius 1 is 1.32 bits per heavy atom. The van der Waals surface area contributed by atoms with Crippen LogP contribution < -0.4 is 11.1 Å². The van der Waals surface area contributed by atoms with Gasteiger partial charge in [-0.1, -0.05) is 23.2 Å². The molecule has 1 aromatic carbocycles. The van der Waals surface area contributed by atoms with E-state index in [1.807, 2.05) is 6.92 Å². The highest BCUT2D eigenvalue weighted by Crippen LogP contribution is 2.29. The van der Waals surface area contributed by atoms with E-state index in [1.165, 1.54) is 6.20 Å². The minimum Gasteiger partial charge on any atom is -0.383 e. The molecule has 1 aromatic heterocycles. The average Bonchev–Trinajstić information content (AvgIpc) is 2.36. The number of nitrogens with two attached hydrogens (primary N) is 1. The Morgan fingerprint density at radius 3 is 2.74 bits per heavy atom. The van der Waals surface area contributed by atoms with E-state index in [9.17, 15) is 4.79 Å². The molecule has 1 amide bonds. The quantitative estimate of drug-likeness (QED) is 0.890. The average molecular weight is 296 g/mol. The van der Waals surface area contributed by atoms with E-state index >= 15 is 0 Å². The van der Waals surface area contributed by atoms with E-state index in [0.717, 1.165) is 5.56 Å². The fourth-order valence-corrected chi connectivity index (χ4v) is 1.97. The number of anilines is 2. The highest BCUT2D eigenvalue weighted by molar-refractivity contribution is 6.36. The SMILES string of the molecule is Cc1cc(Cl)c(NC(=O)c2cccnc2N)cc1Cl. The molecule has 0 spiro atoms. The summed E-state index contributed by atoms with van der Waals surface area (Å²) in [5.41, 5.74) is 7.20. The molecule has 4 nitrogen and oxygen atoms in total. The lowest BCUT2D eigenvalue weighted by Gasteiger charge is -2.10. The summed E-state index contributed by atoms with van der Waals surface area (Å²) in [5, 5.41) is 3.60. The molecule has 0 aliphatic rings. The lowest BCUT2D eigenvalue weighted by molar-refractivity contribution is 0.102. The number of hydrogen-bond donors (Lipinski definition) is 2. The van der Waals surface area contributed by atoms with E-state index < -0.39 is 0 Å². The summed E-state index contributed by atoms with van der Waals surface area (Å²) in [4.78, 5) is 15.9. The smallest absolute Gasteiger partial charge is 0.259 e. The van der Waals surface area contributed by atoms with Crippen LogP contribution in [0.5, 0.6) is 0 Å². The topological polar surface area (TPSA) is 68.0 Å². The fourth-order valence-electron chi connectivity index (χ4n) is 1.54. The number of carbonyl (C=O) groups excluding carboxylic acids is 1. The molecule has 3 N–H and O–H groups in total. The number of nitrogens with one attached hydrogen (secondary N) is 1. The van der Waals surface area contributed by atoms with Crippen molar-refractivity contribution >= 4 is 40.6 Å². The van der Waals surface area contributed by atoms with Crippen LogP contribution in [-0.2, 0) is 0 Å². The number of amides is 1. The third-order valence-corrected chi connectivity index (χ3v) is 3.30. The summed E-state index contributed by atoms with van der Waals surface area (Å²) in [6.45, 7) is 1.83. The van der Waals surface area contributed by atoms with Crippen LogP contribution in [0, 0.1) is 6.92 Å². The Kier molecular flexibility index (Phi) is 3.93. The Balaban J connectivity index is 2.30. The lowest BCUT2D eigenvalue weighted by atomic mass is 10.2. The number of hydrogen-bond acceptors (Lipinski definition) is 3. The number of aromatic nitrogens is 1. The molecule has 0 aliphatic carbocycles. The van der Waals surface area contributed by atoms with Crippen molar-refractivity contribution < 1.29 is 4.79 Å². The fraction of sp³-hybridized carbons (Fsp3) is 0.0769. The molecule has 0 saturated carbocycles. The first kappa shape index (κ1) is 13.6. The van der Waals surface area contributed by atoms with Crippen molar-refractivity contribution in [3.8, 4) is 0 Å². The number of aryl methyl sites for hydroxylation is 1. The molecule has 2 aromatic rings. The molecule has 1 heterocycles. The molecule has 0 aliphatic heterocycles. The molecular formula is C13H11Cl2N3O. The zero-order chi connectivity index (χ0) is 14.0. The number of rotatable bonds is 2. The second kappa shape index (κ2) is 5.47. The highest BCUT2D eigenvalue weighted by atomic mass is 35.5. The van der Waals surface area contributed by atoms with Gasteiger partial charge in [-0.25, -0.2) is 4.98 Å². The van der Waals surface area contributed by atoms with Gasteiger partial charge in [-0.05, 0) is 36.8 Å². The minimum atomic E-state index is -0.382. The number of carbonyl (C=O) groups is 1. The normalized spacial score (nSPS) is 10.3. The number of pyridine rings is 1. The number of halogens is 2. The zero-order valence-electron chi connectivity index (χ0n) is 10.1. The standard InChI is InChI=1S/C13H11Cl2N3O/c1-7-5-10(15)11(6-9(7)14)18-13(19)8-3-2-4-17-12(8)16/h2-6H,1H3,(H2,16,17)(H,18,19). The van der Waals surface area contributed by atoms with Crippen molar-refractivity contribution in [3.05, 3.63) is 51.6 Å². The first-order chi connectivity index (χ1) is 8.99. The van der Waals surface area contributed by atoms with Crippen LogP contribution in [0.25, 0.3) is 0 Å². The van der Waals surface area contributed by atoms with Gasteiger partial charge in [-0.3, -0.25) is 4.79 Å². The van der Waals surface area contributed by atoms with Crippen LogP contribution in [0.15, 0.2) is 30.5 Å². The van der Waals surface area contributed by atoms with Crippen molar-refractivity contribution in [2.45, 2.75) is 6.92 Å². The molecule has 2 rings (SSSR count).